The van der Waals surface area contributed by atoms with E-state index in [2.05, 4.69) is 5.16 Å². The van der Waals surface area contributed by atoms with Crippen LogP contribution in [0, 0.1) is 0 Å². The van der Waals surface area contributed by atoms with Crippen LogP contribution in [0.1, 0.15) is 5.56 Å². The number of nitrogens with zero attached hydrogens (tertiary/aromatic N) is 1. The van der Waals surface area contributed by atoms with Crippen molar-refractivity contribution in [2.75, 3.05) is 7.11 Å². The lowest BCUT2D eigenvalue weighted by Crippen LogP contribution is -2.23. The second kappa shape index (κ2) is 6.68. The van der Waals surface area contributed by atoms with Crippen molar-refractivity contribution in [3.63, 3.8) is 0 Å². The Labute approximate surface area is 122 Å². The fraction of sp³-hybridized carbons (Fsp3) is 0.0667. The van der Waals surface area contributed by atoms with Crippen LogP contribution in [0.3, 0.4) is 0 Å². The monoisotopic (exact) mass is 286 g/mol. The molecule has 0 fully saturated rings. The second-order valence-corrected chi connectivity index (χ2v) is 4.34. The van der Waals surface area contributed by atoms with Crippen molar-refractivity contribution in [3.05, 3.63) is 60.2 Å². The van der Waals surface area contributed by atoms with Gasteiger partial charge in [0.05, 0.1) is 0 Å². The number of hydrogen-bond acceptors (Lipinski definition) is 4. The van der Waals surface area contributed by atoms with Gasteiger partial charge in [-0.3, -0.25) is 0 Å². The lowest BCUT2D eigenvalue weighted by Gasteiger charge is -2.11. The van der Waals surface area contributed by atoms with Crippen LogP contribution in [0.4, 0.5) is 0 Å². The summed E-state index contributed by atoms with van der Waals surface area (Å²) in [5.74, 6) is 1.34. The van der Waals surface area contributed by atoms with Crippen molar-refractivity contribution in [1.29, 1.82) is 0 Å². The number of ether oxygens (including phenoxy) is 1. The first-order valence-corrected chi connectivity index (χ1v) is 6.36. The van der Waals surface area contributed by atoms with Crippen LogP contribution in [-0.2, 0) is 4.84 Å². The minimum atomic E-state index is 0.149. The number of hydrogen-bond donors (Lipinski definition) is 1. The Balaban J connectivity index is 2.40. The van der Waals surface area contributed by atoms with Gasteiger partial charge < -0.3 is 15.3 Å². The van der Waals surface area contributed by atoms with E-state index in [-0.39, 0.29) is 4.99 Å². The molecule has 0 radical (unpaired) electrons. The zero-order chi connectivity index (χ0) is 14.4. The molecule has 2 aromatic carbocycles. The molecule has 0 bridgehead atoms. The van der Waals surface area contributed by atoms with Crippen molar-refractivity contribution in [2.24, 2.45) is 10.9 Å². The molecule has 0 heterocycles. The molecule has 4 nitrogen and oxygen atoms in total. The standard InChI is InChI=1S/C15H14N2O2S/c1-18-17-14(15(16)20)12-9-5-6-10-13(12)19-11-7-3-2-4-8-11/h2-10H,1H3,(H2,16,20)/b17-14-. The zero-order valence-corrected chi connectivity index (χ0v) is 11.8. The van der Waals surface area contributed by atoms with Crippen molar-refractivity contribution in [1.82, 2.24) is 0 Å². The lowest BCUT2D eigenvalue weighted by atomic mass is 10.1. The minimum absolute atomic E-state index is 0.149. The molecule has 2 aromatic rings. The van der Waals surface area contributed by atoms with Crippen LogP contribution >= 0.6 is 12.2 Å². The van der Waals surface area contributed by atoms with Gasteiger partial charge in [0.2, 0.25) is 0 Å². The molecule has 20 heavy (non-hydrogen) atoms. The third kappa shape index (κ3) is 3.33. The minimum Gasteiger partial charge on any atom is -0.457 e. The van der Waals surface area contributed by atoms with Gasteiger partial charge in [0.1, 0.15) is 29.3 Å². The van der Waals surface area contributed by atoms with Crippen LogP contribution in [0.15, 0.2) is 59.8 Å². The molecule has 0 spiro atoms. The smallest absolute Gasteiger partial charge is 0.147 e. The van der Waals surface area contributed by atoms with Crippen LogP contribution < -0.4 is 10.5 Å². The van der Waals surface area contributed by atoms with E-state index in [1.165, 1.54) is 7.11 Å². The first-order valence-electron chi connectivity index (χ1n) is 5.95. The third-order valence-corrected chi connectivity index (χ3v) is 2.72. The van der Waals surface area contributed by atoms with E-state index in [4.69, 9.17) is 27.5 Å². The molecule has 0 aromatic heterocycles. The number of oxime groups is 1. The summed E-state index contributed by atoms with van der Waals surface area (Å²) in [6.07, 6.45) is 0. The molecule has 0 aliphatic rings. The number of para-hydroxylation sites is 2. The lowest BCUT2D eigenvalue weighted by molar-refractivity contribution is 0.214. The Morgan fingerprint density at radius 1 is 1.05 bits per heavy atom. The Hall–Kier alpha value is -2.40. The van der Waals surface area contributed by atoms with E-state index < -0.39 is 0 Å². The summed E-state index contributed by atoms with van der Waals surface area (Å²) in [7, 11) is 1.44. The van der Waals surface area contributed by atoms with E-state index in [9.17, 15) is 0 Å². The van der Waals surface area contributed by atoms with Crippen LogP contribution in [0.25, 0.3) is 0 Å². The molecule has 0 aliphatic heterocycles. The van der Waals surface area contributed by atoms with E-state index in [0.717, 1.165) is 5.75 Å². The maximum atomic E-state index is 5.84. The van der Waals surface area contributed by atoms with Gasteiger partial charge in [-0.05, 0) is 24.3 Å². The van der Waals surface area contributed by atoms with Crippen LogP contribution in [-0.4, -0.2) is 17.8 Å². The predicted octanol–water partition coefficient (Wildman–Crippen LogP) is 3.12. The maximum Gasteiger partial charge on any atom is 0.147 e. The molecule has 2 N–H and O–H groups in total. The van der Waals surface area contributed by atoms with E-state index in [1.807, 2.05) is 54.6 Å². The average molecular weight is 286 g/mol. The zero-order valence-electron chi connectivity index (χ0n) is 10.9. The third-order valence-electron chi connectivity index (χ3n) is 2.53. The van der Waals surface area contributed by atoms with Crippen LogP contribution in [0.2, 0.25) is 0 Å². The summed E-state index contributed by atoms with van der Waals surface area (Å²) < 4.78 is 5.84. The molecule has 0 unspecified atom stereocenters. The van der Waals surface area contributed by atoms with Crippen molar-refractivity contribution in [2.45, 2.75) is 0 Å². The summed E-state index contributed by atoms with van der Waals surface area (Å²) in [5, 5.41) is 3.87. The topological polar surface area (TPSA) is 56.8 Å². The van der Waals surface area contributed by atoms with E-state index in [1.54, 1.807) is 0 Å². The molecule has 0 aliphatic carbocycles. The molecule has 5 heteroatoms. The Morgan fingerprint density at radius 2 is 1.70 bits per heavy atom. The number of benzene rings is 2. The molecule has 0 saturated heterocycles. The van der Waals surface area contributed by atoms with Gasteiger partial charge in [0, 0.05) is 5.56 Å². The van der Waals surface area contributed by atoms with Gasteiger partial charge in [0.15, 0.2) is 0 Å². The molecule has 0 saturated carbocycles. The summed E-state index contributed by atoms with van der Waals surface area (Å²) >= 11 is 5.00. The maximum absolute atomic E-state index is 5.84. The summed E-state index contributed by atoms with van der Waals surface area (Å²) in [4.78, 5) is 4.94. The largest absolute Gasteiger partial charge is 0.457 e. The molecule has 0 atom stereocenters. The van der Waals surface area contributed by atoms with Crippen molar-refractivity contribution < 1.29 is 9.57 Å². The van der Waals surface area contributed by atoms with Gasteiger partial charge in [-0.1, -0.05) is 47.7 Å². The van der Waals surface area contributed by atoms with Gasteiger partial charge in [0.25, 0.3) is 0 Å². The number of nitrogens with two attached hydrogens (primary N) is 1. The molecule has 0 amide bonds. The van der Waals surface area contributed by atoms with Gasteiger partial charge in [-0.25, -0.2) is 0 Å². The van der Waals surface area contributed by atoms with Crippen molar-refractivity contribution >= 4 is 22.9 Å². The highest BCUT2D eigenvalue weighted by atomic mass is 32.1. The summed E-state index contributed by atoms with van der Waals surface area (Å²) in [6.45, 7) is 0. The first kappa shape index (κ1) is 14.0. The molecular formula is C15H14N2O2S. The van der Waals surface area contributed by atoms with E-state index >= 15 is 0 Å². The Kier molecular flexibility index (Phi) is 4.68. The number of rotatable bonds is 5. The van der Waals surface area contributed by atoms with Gasteiger partial charge in [-0.15, -0.1) is 0 Å². The first-order chi connectivity index (χ1) is 9.72. The second-order valence-electron chi connectivity index (χ2n) is 3.90. The van der Waals surface area contributed by atoms with Crippen molar-refractivity contribution in [3.8, 4) is 11.5 Å². The Morgan fingerprint density at radius 3 is 2.35 bits per heavy atom. The predicted molar refractivity (Wildman–Crippen MR) is 83.3 cm³/mol. The highest BCUT2D eigenvalue weighted by Gasteiger charge is 2.14. The fourth-order valence-corrected chi connectivity index (χ4v) is 1.83. The quantitative estimate of drug-likeness (QED) is 0.521. The number of thiocarbonyl (C=S) groups is 1. The molecule has 2 rings (SSSR count). The Bertz CT molecular complexity index is 627. The SMILES string of the molecule is CO/N=C(\C(N)=S)c1ccccc1Oc1ccccc1. The fourth-order valence-electron chi connectivity index (χ4n) is 1.68. The highest BCUT2D eigenvalue weighted by Crippen LogP contribution is 2.25. The van der Waals surface area contributed by atoms with Crippen LogP contribution in [0.5, 0.6) is 11.5 Å². The normalized spacial score (nSPS) is 10.9. The average Bonchev–Trinajstić information content (AvgIpc) is 2.46. The summed E-state index contributed by atoms with van der Waals surface area (Å²) in [5.41, 5.74) is 6.75. The molecular weight excluding hydrogens is 272 g/mol. The van der Waals surface area contributed by atoms with E-state index in [0.29, 0.717) is 17.0 Å². The molecule has 102 valence electrons. The van der Waals surface area contributed by atoms with Gasteiger partial charge >= 0.3 is 0 Å². The highest BCUT2D eigenvalue weighted by molar-refractivity contribution is 7.82. The van der Waals surface area contributed by atoms with Gasteiger partial charge in [-0.2, -0.15) is 0 Å². The summed E-state index contributed by atoms with van der Waals surface area (Å²) in [6, 6.07) is 16.8.